The second-order valence-corrected chi connectivity index (χ2v) is 6.03. The van der Waals surface area contributed by atoms with Gasteiger partial charge in [0.2, 0.25) is 0 Å². The number of nitriles is 1. The third-order valence-electron chi connectivity index (χ3n) is 2.90. The molecule has 1 aromatic rings. The molecule has 0 saturated heterocycles. The normalized spacial score (nSPS) is 11.3. The third kappa shape index (κ3) is 4.29. The van der Waals surface area contributed by atoms with E-state index in [2.05, 4.69) is 39.1 Å². The second-order valence-electron chi connectivity index (χ2n) is 6.03. The van der Waals surface area contributed by atoms with E-state index in [1.165, 1.54) is 0 Å². The summed E-state index contributed by atoms with van der Waals surface area (Å²) in [6, 6.07) is 7.44. The van der Waals surface area contributed by atoms with Crippen LogP contribution in [0.4, 0.5) is 11.4 Å². The predicted octanol–water partition coefficient (Wildman–Crippen LogP) is 3.62. The highest BCUT2D eigenvalue weighted by atomic mass is 14.9. The first-order valence-corrected chi connectivity index (χ1v) is 6.37. The van der Waals surface area contributed by atoms with Crippen molar-refractivity contribution >= 4 is 11.4 Å². The molecular formula is C15H23N3. The molecule has 0 aliphatic heterocycles. The van der Waals surface area contributed by atoms with Gasteiger partial charge in [-0.25, -0.2) is 0 Å². The molecule has 0 atom stereocenters. The van der Waals surface area contributed by atoms with Crippen LogP contribution in [0.25, 0.3) is 0 Å². The molecule has 98 valence electrons. The molecule has 1 rings (SSSR count). The summed E-state index contributed by atoms with van der Waals surface area (Å²) < 4.78 is 0. The summed E-state index contributed by atoms with van der Waals surface area (Å²) in [4.78, 5) is 0. The zero-order valence-electron chi connectivity index (χ0n) is 11.7. The number of hydrogen-bond acceptors (Lipinski definition) is 3. The molecule has 0 bridgehead atoms. The predicted molar refractivity (Wildman–Crippen MR) is 77.3 cm³/mol. The quantitative estimate of drug-likeness (QED) is 0.779. The van der Waals surface area contributed by atoms with Gasteiger partial charge in [0.1, 0.15) is 0 Å². The average molecular weight is 245 g/mol. The van der Waals surface area contributed by atoms with Gasteiger partial charge in [-0.1, -0.05) is 27.7 Å². The number of hydrogen-bond donors (Lipinski definition) is 2. The van der Waals surface area contributed by atoms with Gasteiger partial charge in [-0.3, -0.25) is 0 Å². The lowest BCUT2D eigenvalue weighted by molar-refractivity contribution is 0.306. The summed E-state index contributed by atoms with van der Waals surface area (Å²) in [7, 11) is 0. The van der Waals surface area contributed by atoms with E-state index < -0.39 is 0 Å². The van der Waals surface area contributed by atoms with E-state index in [0.29, 0.717) is 17.2 Å². The Kier molecular flexibility index (Phi) is 4.61. The van der Waals surface area contributed by atoms with Crippen molar-refractivity contribution in [2.24, 2.45) is 11.3 Å². The van der Waals surface area contributed by atoms with Crippen LogP contribution in [0.15, 0.2) is 18.2 Å². The lowest BCUT2D eigenvalue weighted by Gasteiger charge is -2.27. The molecule has 0 saturated carbocycles. The third-order valence-corrected chi connectivity index (χ3v) is 2.90. The topological polar surface area (TPSA) is 61.8 Å². The van der Waals surface area contributed by atoms with Crippen LogP contribution in [0, 0.1) is 22.7 Å². The molecule has 0 radical (unpaired) electrons. The largest absolute Gasteiger partial charge is 0.397 e. The summed E-state index contributed by atoms with van der Waals surface area (Å²) >= 11 is 0. The molecular weight excluding hydrogens is 222 g/mol. The van der Waals surface area contributed by atoms with Crippen molar-refractivity contribution in [1.29, 1.82) is 5.26 Å². The van der Waals surface area contributed by atoms with E-state index in [4.69, 9.17) is 11.0 Å². The molecule has 3 N–H and O–H groups in total. The van der Waals surface area contributed by atoms with E-state index >= 15 is 0 Å². The Morgan fingerprint density at radius 3 is 2.61 bits per heavy atom. The summed E-state index contributed by atoms with van der Waals surface area (Å²) in [5, 5.41) is 12.2. The first kappa shape index (κ1) is 14.4. The minimum Gasteiger partial charge on any atom is -0.397 e. The van der Waals surface area contributed by atoms with E-state index in [1.54, 1.807) is 18.2 Å². The molecule has 0 heterocycles. The molecule has 0 spiro atoms. The number of benzene rings is 1. The summed E-state index contributed by atoms with van der Waals surface area (Å²) in [5.41, 5.74) is 8.29. The van der Waals surface area contributed by atoms with Gasteiger partial charge in [-0.15, -0.1) is 0 Å². The molecule has 18 heavy (non-hydrogen) atoms. The maximum atomic E-state index is 8.88. The monoisotopic (exact) mass is 245 g/mol. The molecule has 3 nitrogen and oxygen atoms in total. The van der Waals surface area contributed by atoms with Crippen molar-refractivity contribution in [3.63, 3.8) is 0 Å². The van der Waals surface area contributed by atoms with Gasteiger partial charge < -0.3 is 11.1 Å². The maximum Gasteiger partial charge on any atom is 0.0992 e. The SMILES string of the molecule is CC(C)CC(C)(C)CNc1cc(C#N)ccc1N. The molecule has 3 heteroatoms. The highest BCUT2D eigenvalue weighted by molar-refractivity contribution is 5.68. The average Bonchev–Trinajstić information content (AvgIpc) is 2.26. The Balaban J connectivity index is 2.71. The fourth-order valence-corrected chi connectivity index (χ4v) is 2.29. The van der Waals surface area contributed by atoms with Crippen LogP contribution in [0.5, 0.6) is 0 Å². The first-order valence-electron chi connectivity index (χ1n) is 6.37. The number of nitrogens with one attached hydrogen (secondary N) is 1. The minimum atomic E-state index is 0.212. The molecule has 0 aliphatic rings. The number of nitrogen functional groups attached to an aromatic ring is 1. The second kappa shape index (κ2) is 5.77. The Bertz CT molecular complexity index is 442. The Labute approximate surface area is 110 Å². The first-order chi connectivity index (χ1) is 8.34. The number of nitrogens with zero attached hydrogens (tertiary/aromatic N) is 1. The Hall–Kier alpha value is -1.69. The van der Waals surface area contributed by atoms with Gasteiger partial charge in [0.25, 0.3) is 0 Å². The smallest absolute Gasteiger partial charge is 0.0992 e. The fourth-order valence-electron chi connectivity index (χ4n) is 2.29. The zero-order chi connectivity index (χ0) is 13.8. The Morgan fingerprint density at radius 2 is 2.06 bits per heavy atom. The number of rotatable bonds is 5. The molecule has 1 aromatic carbocycles. The van der Waals surface area contributed by atoms with Crippen LogP contribution in [-0.2, 0) is 0 Å². The van der Waals surface area contributed by atoms with Crippen LogP contribution in [0.2, 0.25) is 0 Å². The van der Waals surface area contributed by atoms with Crippen LogP contribution in [0.1, 0.15) is 39.7 Å². The van der Waals surface area contributed by atoms with E-state index in [1.807, 2.05) is 0 Å². The fraction of sp³-hybridized carbons (Fsp3) is 0.533. The van der Waals surface area contributed by atoms with Gasteiger partial charge in [0.15, 0.2) is 0 Å². The molecule has 0 aromatic heterocycles. The van der Waals surface area contributed by atoms with Crippen LogP contribution in [0.3, 0.4) is 0 Å². The van der Waals surface area contributed by atoms with E-state index in [0.717, 1.165) is 18.7 Å². The molecule has 0 unspecified atom stereocenters. The van der Waals surface area contributed by atoms with Crippen molar-refractivity contribution in [3.8, 4) is 6.07 Å². The highest BCUT2D eigenvalue weighted by Gasteiger charge is 2.19. The van der Waals surface area contributed by atoms with E-state index in [9.17, 15) is 0 Å². The summed E-state index contributed by atoms with van der Waals surface area (Å²) in [5.74, 6) is 0.671. The van der Waals surface area contributed by atoms with Gasteiger partial charge in [-0.2, -0.15) is 5.26 Å². The van der Waals surface area contributed by atoms with Gasteiger partial charge in [0, 0.05) is 6.54 Å². The Morgan fingerprint density at radius 1 is 1.39 bits per heavy atom. The van der Waals surface area contributed by atoms with Crippen LogP contribution >= 0.6 is 0 Å². The number of nitrogens with two attached hydrogens (primary N) is 1. The summed E-state index contributed by atoms with van der Waals surface area (Å²) in [6.45, 7) is 9.79. The van der Waals surface area contributed by atoms with Crippen LogP contribution < -0.4 is 11.1 Å². The zero-order valence-corrected chi connectivity index (χ0v) is 11.7. The van der Waals surface area contributed by atoms with Crippen molar-refractivity contribution in [1.82, 2.24) is 0 Å². The molecule has 0 fully saturated rings. The van der Waals surface area contributed by atoms with Crippen molar-refractivity contribution in [2.45, 2.75) is 34.1 Å². The lowest BCUT2D eigenvalue weighted by atomic mass is 9.84. The van der Waals surface area contributed by atoms with Crippen molar-refractivity contribution in [3.05, 3.63) is 23.8 Å². The summed E-state index contributed by atoms with van der Waals surface area (Å²) in [6.07, 6.45) is 1.15. The van der Waals surface area contributed by atoms with Gasteiger partial charge in [-0.05, 0) is 36.0 Å². The van der Waals surface area contributed by atoms with Crippen molar-refractivity contribution < 1.29 is 0 Å². The molecule has 0 amide bonds. The van der Waals surface area contributed by atoms with Crippen molar-refractivity contribution in [2.75, 3.05) is 17.6 Å². The van der Waals surface area contributed by atoms with Crippen LogP contribution in [-0.4, -0.2) is 6.54 Å². The minimum absolute atomic E-state index is 0.212. The molecule has 0 aliphatic carbocycles. The highest BCUT2D eigenvalue weighted by Crippen LogP contribution is 2.27. The maximum absolute atomic E-state index is 8.88. The van der Waals surface area contributed by atoms with Gasteiger partial charge >= 0.3 is 0 Å². The number of anilines is 2. The van der Waals surface area contributed by atoms with Gasteiger partial charge in [0.05, 0.1) is 23.0 Å². The standard InChI is InChI=1S/C15H23N3/c1-11(2)8-15(3,4)10-18-14-7-12(9-16)5-6-13(14)17/h5-7,11,18H,8,10,17H2,1-4H3. The van der Waals surface area contributed by atoms with E-state index in [-0.39, 0.29) is 5.41 Å². The lowest BCUT2D eigenvalue weighted by Crippen LogP contribution is -2.25.